The first kappa shape index (κ1) is 85.1. The molecule has 0 aliphatic heterocycles. The number of aromatic nitrogens is 12. The van der Waals surface area contributed by atoms with Crippen LogP contribution in [0.1, 0.15) is 159 Å². The van der Waals surface area contributed by atoms with Gasteiger partial charge in [-0.2, -0.15) is 39.9 Å². The molecule has 0 aliphatic carbocycles. The molecule has 12 aromatic carbocycles. The number of benzene rings is 12. The van der Waals surface area contributed by atoms with Crippen LogP contribution in [-0.2, 0) is 57.8 Å². The van der Waals surface area contributed by atoms with Gasteiger partial charge in [-0.3, -0.25) is 0 Å². The number of hydrogen-bond donors (Lipinski definition) is 4. The van der Waals surface area contributed by atoms with E-state index in [-0.39, 0.29) is 0 Å². The van der Waals surface area contributed by atoms with E-state index in [1.807, 2.05) is 60.7 Å². The van der Waals surface area contributed by atoms with Gasteiger partial charge in [-0.05, 0) is 173 Å². The molecule has 16 rings (SSSR count). The quantitative estimate of drug-likeness (QED) is 0.0420. The van der Waals surface area contributed by atoms with Crippen LogP contribution < -0.4 is 21.3 Å². The minimum absolute atomic E-state index is 0.502. The number of hydrogen-bond acceptors (Lipinski definition) is 16. The van der Waals surface area contributed by atoms with Crippen LogP contribution in [0.4, 0.5) is 46.5 Å². The van der Waals surface area contributed by atoms with Gasteiger partial charge in [-0.25, -0.2) is 19.9 Å². The van der Waals surface area contributed by atoms with E-state index in [1.54, 1.807) is 0 Å². The van der Waals surface area contributed by atoms with Crippen molar-refractivity contribution >= 4 is 58.1 Å². The summed E-state index contributed by atoms with van der Waals surface area (Å²) in [6.45, 7) is 23.0. The first-order valence-corrected chi connectivity index (χ1v) is 41.5. The van der Waals surface area contributed by atoms with Gasteiger partial charge in [0, 0.05) is 68.4 Å². The first-order chi connectivity index (χ1) is 58.7. The number of halogens is 1. The highest BCUT2D eigenvalue weighted by molar-refractivity contribution is 6.33. The number of aryl methyl sites for hydroxylation is 11. The Bertz CT molecular complexity index is 5600. The molecular weight excluding hydrogens is 1510 g/mol. The van der Waals surface area contributed by atoms with Gasteiger partial charge < -0.3 is 21.3 Å². The van der Waals surface area contributed by atoms with E-state index in [9.17, 15) is 0 Å². The summed E-state index contributed by atoms with van der Waals surface area (Å²) in [6, 6.07) is 100. The van der Waals surface area contributed by atoms with E-state index in [0.717, 1.165) is 92.5 Å². The molecule has 0 bridgehead atoms. The van der Waals surface area contributed by atoms with E-state index in [0.29, 0.717) is 80.2 Å². The van der Waals surface area contributed by atoms with Gasteiger partial charge in [-0.1, -0.05) is 318 Å². The summed E-state index contributed by atoms with van der Waals surface area (Å²) >= 11 is 6.31. The van der Waals surface area contributed by atoms with Crippen LogP contribution in [0, 0.1) is 69.2 Å². The van der Waals surface area contributed by atoms with E-state index < -0.39 is 0 Å². The molecule has 0 saturated carbocycles. The van der Waals surface area contributed by atoms with Crippen molar-refractivity contribution in [2.24, 2.45) is 0 Å². The maximum Gasteiger partial charge on any atom is 0.230 e. The van der Waals surface area contributed by atoms with Crippen molar-refractivity contribution in [1.82, 2.24) is 59.8 Å². The molecule has 0 amide bonds. The van der Waals surface area contributed by atoms with Gasteiger partial charge in [0.1, 0.15) is 46.6 Å². The average molecular weight is 1610 g/mol. The van der Waals surface area contributed by atoms with E-state index >= 15 is 0 Å². The summed E-state index contributed by atoms with van der Waals surface area (Å²) in [5.41, 5.74) is 26.8. The van der Waals surface area contributed by atoms with Crippen LogP contribution in [-0.4, -0.2) is 59.8 Å². The van der Waals surface area contributed by atoms with Crippen molar-refractivity contribution in [2.75, 3.05) is 21.3 Å². The normalized spacial score (nSPS) is 10.8. The van der Waals surface area contributed by atoms with Gasteiger partial charge in [0.15, 0.2) is 0 Å². The highest BCUT2D eigenvalue weighted by Gasteiger charge is 2.17. The van der Waals surface area contributed by atoms with Gasteiger partial charge >= 0.3 is 0 Å². The first-order valence-electron chi connectivity index (χ1n) is 41.1. The summed E-state index contributed by atoms with van der Waals surface area (Å²) in [7, 11) is 0. The van der Waals surface area contributed by atoms with Gasteiger partial charge in [0.2, 0.25) is 23.8 Å². The molecule has 0 saturated heterocycles. The molecule has 0 aliphatic rings. The smallest absolute Gasteiger partial charge is 0.230 e. The molecule has 4 N–H and O–H groups in total. The molecule has 0 spiro atoms. The molecule has 17 heteroatoms. The molecule has 4 aromatic heterocycles. The summed E-state index contributed by atoms with van der Waals surface area (Å²) < 4.78 is 0. The number of rotatable bonds is 25. The van der Waals surface area contributed by atoms with E-state index in [2.05, 4.69) is 338 Å². The lowest BCUT2D eigenvalue weighted by Crippen LogP contribution is -2.09. The lowest BCUT2D eigenvalue weighted by atomic mass is 10.1. The molecular formula is C104H103ClN16. The summed E-state index contributed by atoms with van der Waals surface area (Å²) in [5, 5.41) is 14.0. The third-order valence-electron chi connectivity index (χ3n) is 20.2. The van der Waals surface area contributed by atoms with Crippen molar-refractivity contribution < 1.29 is 0 Å². The molecule has 121 heavy (non-hydrogen) atoms. The highest BCUT2D eigenvalue weighted by atomic mass is 35.5. The number of nitrogens with zero attached hydrogens (tertiary/aromatic N) is 12. The Morgan fingerprint density at radius 3 is 0.727 bits per heavy atom. The molecule has 16 aromatic rings. The Kier molecular flexibility index (Phi) is 29.5. The number of anilines is 8. The molecule has 4 heterocycles. The zero-order valence-corrected chi connectivity index (χ0v) is 71.6. The van der Waals surface area contributed by atoms with Crippen molar-refractivity contribution in [1.29, 1.82) is 0 Å². The minimum atomic E-state index is 0.502. The highest BCUT2D eigenvalue weighted by Crippen LogP contribution is 2.27. The van der Waals surface area contributed by atoms with Crippen LogP contribution in [0.25, 0.3) is 0 Å². The SMILES string of the molecule is CCc1ccccc1Nc1nc(Cc2ccc(C)cc2)nc(Cc2ccc(C)cc2)n1.Cc1ccc(Cc2nc(Cc3ccc(C)cc3)nc(Nc3cccc(C)c3)n2)cc1.Cc1ccc(Cc2nc(Cc3ccc(C)cc3)nc(Nc3ccccc3C)n2)cc1.Cc1ccc(Cc2nc(Cc3ccc(C)cc3)nc(Nc3ccccc3Cl)n2)cc1. The monoisotopic (exact) mass is 1610 g/mol. The topological polar surface area (TPSA) is 203 Å². The maximum absolute atomic E-state index is 6.31. The Hall–Kier alpha value is -13.8. The average Bonchev–Trinajstić information content (AvgIpc) is 0.831. The predicted molar refractivity (Wildman–Crippen MR) is 494 cm³/mol. The van der Waals surface area contributed by atoms with Crippen molar-refractivity contribution in [3.63, 3.8) is 0 Å². The van der Waals surface area contributed by atoms with E-state index in [4.69, 9.17) is 61.4 Å². The third kappa shape index (κ3) is 26.8. The standard InChI is InChI=1S/C27H28N4.2C26H26N4.C25H23ClN4/c1-4-23-7-5-6-8-24(23)28-27-30-25(17-21-13-9-19(2)10-14-21)29-26(31-27)18-22-15-11-20(3)12-16-22;1-18-7-11-21(12-8-18)16-24-28-25(17-22-13-9-19(2)10-14-22)30-26(29-24)27-23-6-4-5-20(3)15-23;1-18-8-12-21(13-9-18)16-24-28-25(17-22-14-10-19(2)11-15-22)30-26(29-24)27-23-7-5-4-6-20(23)3;1-17-7-11-19(12-8-17)15-23-28-24(16-20-13-9-18(2)10-14-20)30-25(29-23)27-22-6-4-3-5-21(22)26/h5-16H,4,17-18H2,1-3H3,(H,28,29,30,31);2*4-15H,16-17H2,1-3H3,(H,27,28,29,30);3-14H,15-16H2,1-2H3,(H,27,28,29,30). The Labute approximate surface area is 717 Å². The summed E-state index contributed by atoms with van der Waals surface area (Å²) in [6.07, 6.45) is 6.26. The molecule has 0 fully saturated rings. The fraction of sp³-hybridized carbons (Fsp3) is 0.192. The molecule has 606 valence electrons. The third-order valence-corrected chi connectivity index (χ3v) is 20.5. The second-order valence-electron chi connectivity index (χ2n) is 30.9. The summed E-state index contributed by atoms with van der Waals surface area (Å²) in [5.74, 6) is 8.35. The maximum atomic E-state index is 6.31. The van der Waals surface area contributed by atoms with Crippen LogP contribution in [0.2, 0.25) is 5.02 Å². The number of para-hydroxylation sites is 3. The second-order valence-corrected chi connectivity index (χ2v) is 31.3. The second kappa shape index (κ2) is 42.0. The molecule has 0 atom stereocenters. The zero-order chi connectivity index (χ0) is 84.4. The van der Waals surface area contributed by atoms with Crippen LogP contribution in [0.5, 0.6) is 0 Å². The lowest BCUT2D eigenvalue weighted by molar-refractivity contribution is 0.855. The fourth-order valence-corrected chi connectivity index (χ4v) is 13.5. The number of nitrogens with one attached hydrogen (secondary N) is 4. The minimum Gasteiger partial charge on any atom is -0.324 e. The predicted octanol–water partition coefficient (Wildman–Crippen LogP) is 23.5. The zero-order valence-electron chi connectivity index (χ0n) is 70.8. The molecule has 0 radical (unpaired) electrons. The Balaban J connectivity index is 0.000000139. The van der Waals surface area contributed by atoms with Crippen molar-refractivity contribution in [3.8, 4) is 0 Å². The largest absolute Gasteiger partial charge is 0.324 e. The molecule has 0 unspecified atom stereocenters. The van der Waals surface area contributed by atoms with Crippen LogP contribution in [0.15, 0.2) is 291 Å². The van der Waals surface area contributed by atoms with E-state index in [1.165, 1.54) is 89.0 Å². The molecule has 16 nitrogen and oxygen atoms in total. The van der Waals surface area contributed by atoms with Crippen molar-refractivity contribution in [2.45, 2.75) is 134 Å². The fourth-order valence-electron chi connectivity index (χ4n) is 13.3. The van der Waals surface area contributed by atoms with Crippen molar-refractivity contribution in [3.05, 3.63) is 449 Å². The van der Waals surface area contributed by atoms with Gasteiger partial charge in [0.25, 0.3) is 0 Å². The van der Waals surface area contributed by atoms with Gasteiger partial charge in [0.05, 0.1) is 10.7 Å². The Morgan fingerprint density at radius 2 is 0.455 bits per heavy atom. The van der Waals surface area contributed by atoms with Crippen LogP contribution >= 0.6 is 11.6 Å². The Morgan fingerprint density at radius 1 is 0.215 bits per heavy atom. The summed E-state index contributed by atoms with van der Waals surface area (Å²) in [4.78, 5) is 56.7. The van der Waals surface area contributed by atoms with Crippen LogP contribution in [0.3, 0.4) is 0 Å². The lowest BCUT2D eigenvalue weighted by Gasteiger charge is -2.12. The van der Waals surface area contributed by atoms with Gasteiger partial charge in [-0.15, -0.1) is 0 Å².